The number of anilines is 1. The fourth-order valence-electron chi connectivity index (χ4n) is 1.32. The molecule has 0 radical (unpaired) electrons. The Morgan fingerprint density at radius 1 is 1.38 bits per heavy atom. The minimum atomic E-state index is -3.70. The monoisotopic (exact) mass is 241 g/mol. The molecule has 1 aromatic rings. The number of nitrogen functional groups attached to an aromatic ring is 1. The number of nitriles is 1. The van der Waals surface area contributed by atoms with Gasteiger partial charge in [-0.15, -0.1) is 0 Å². The van der Waals surface area contributed by atoms with Gasteiger partial charge in [-0.05, 0) is 18.1 Å². The van der Waals surface area contributed by atoms with E-state index in [1.807, 2.05) is 13.0 Å². The smallest absolute Gasteiger partial charge is 0.240 e. The highest BCUT2D eigenvalue weighted by Gasteiger charge is 2.13. The molecule has 0 atom stereocenters. The summed E-state index contributed by atoms with van der Waals surface area (Å²) in [6, 6.07) is 4.89. The first kappa shape index (κ1) is 14.4. The van der Waals surface area contributed by atoms with Crippen LogP contribution in [0.25, 0.3) is 0 Å². The Kier molecular flexibility index (Phi) is 5.50. The molecule has 0 amide bonds. The van der Waals surface area contributed by atoms with Gasteiger partial charge in [0.1, 0.15) is 4.90 Å². The molecule has 0 aromatic heterocycles. The Morgan fingerprint density at radius 3 is 2.38 bits per heavy atom. The summed E-state index contributed by atoms with van der Waals surface area (Å²) in [7, 11) is -3.70. The maximum atomic E-state index is 11.1. The van der Waals surface area contributed by atoms with Crippen LogP contribution in [0.3, 0.4) is 0 Å². The summed E-state index contributed by atoms with van der Waals surface area (Å²) in [6.45, 7) is 5.50. The second-order valence-corrected chi connectivity index (χ2v) is 4.65. The van der Waals surface area contributed by atoms with Gasteiger partial charge in [-0.1, -0.05) is 25.5 Å². The minimum absolute atomic E-state index is 0.0171. The van der Waals surface area contributed by atoms with E-state index >= 15 is 0 Å². The van der Waals surface area contributed by atoms with E-state index in [0.717, 1.165) is 18.4 Å². The maximum absolute atomic E-state index is 11.1. The summed E-state index contributed by atoms with van der Waals surface area (Å²) in [5.74, 6) is 0. The van der Waals surface area contributed by atoms with Crippen LogP contribution in [0.5, 0.6) is 0 Å². The van der Waals surface area contributed by atoms with Gasteiger partial charge in [-0.3, -0.25) is 0 Å². The third-order valence-corrected chi connectivity index (χ3v) is 2.95. The van der Waals surface area contributed by atoms with Crippen LogP contribution in [-0.4, -0.2) is 8.42 Å². The normalized spacial score (nSPS) is 10.2. The molecule has 0 unspecified atom stereocenters. The first-order chi connectivity index (χ1) is 7.46. The van der Waals surface area contributed by atoms with Crippen molar-refractivity contribution in [3.05, 3.63) is 23.8 Å². The lowest BCUT2D eigenvalue weighted by Gasteiger charge is -2.08. The lowest BCUT2D eigenvalue weighted by molar-refractivity contribution is 0.598. The van der Waals surface area contributed by atoms with E-state index in [0.29, 0.717) is 0 Å². The second-order valence-electron chi connectivity index (χ2n) is 3.12. The Morgan fingerprint density at radius 2 is 1.94 bits per heavy atom. The largest absolute Gasteiger partial charge is 0.397 e. The van der Waals surface area contributed by atoms with E-state index in [9.17, 15) is 8.42 Å². The molecule has 0 aliphatic heterocycles. The zero-order valence-electron chi connectivity index (χ0n) is 9.05. The average Bonchev–Trinajstić information content (AvgIpc) is 2.23. The van der Waals surface area contributed by atoms with Crippen molar-refractivity contribution >= 4 is 15.7 Å². The van der Waals surface area contributed by atoms with Gasteiger partial charge in [0.2, 0.25) is 10.0 Å². The van der Waals surface area contributed by atoms with Crippen LogP contribution in [0.1, 0.15) is 18.9 Å². The molecule has 5 nitrogen and oxygen atoms in total. The van der Waals surface area contributed by atoms with Gasteiger partial charge < -0.3 is 5.73 Å². The van der Waals surface area contributed by atoms with E-state index in [2.05, 4.69) is 6.57 Å². The van der Waals surface area contributed by atoms with Crippen LogP contribution >= 0.6 is 0 Å². The van der Waals surface area contributed by atoms with Gasteiger partial charge in [0.05, 0.1) is 5.69 Å². The van der Waals surface area contributed by atoms with Crippen LogP contribution in [0.2, 0.25) is 0 Å². The Hall–Kier alpha value is -1.58. The molecule has 1 rings (SSSR count). The van der Waals surface area contributed by atoms with Crippen molar-refractivity contribution in [1.82, 2.24) is 0 Å². The van der Waals surface area contributed by atoms with Crippen LogP contribution in [0, 0.1) is 11.8 Å². The summed E-state index contributed by atoms with van der Waals surface area (Å²) in [5, 5.41) is 11.5. The summed E-state index contributed by atoms with van der Waals surface area (Å²) in [6.07, 6.45) is 1.67. The number of sulfonamides is 1. The molecule has 16 heavy (non-hydrogen) atoms. The molecule has 0 aliphatic carbocycles. The fraction of sp³-hybridized carbons (Fsp3) is 0.300. The van der Waals surface area contributed by atoms with Crippen molar-refractivity contribution in [3.63, 3.8) is 0 Å². The van der Waals surface area contributed by atoms with Crippen molar-refractivity contribution in [1.29, 1.82) is 5.26 Å². The van der Waals surface area contributed by atoms with Gasteiger partial charge in [0, 0.05) is 6.57 Å². The molecular weight excluding hydrogens is 226 g/mol. The van der Waals surface area contributed by atoms with Crippen molar-refractivity contribution in [3.8, 4) is 6.57 Å². The van der Waals surface area contributed by atoms with E-state index in [1.165, 1.54) is 6.07 Å². The van der Waals surface area contributed by atoms with Crippen molar-refractivity contribution < 1.29 is 8.42 Å². The number of para-hydroxylation sites is 1. The second kappa shape index (κ2) is 6.10. The number of nitrogens with zero attached hydrogens (tertiary/aromatic N) is 1. The molecule has 0 heterocycles. The first-order valence-corrected chi connectivity index (χ1v) is 6.17. The molecule has 0 saturated carbocycles. The Labute approximate surface area is 95.7 Å². The van der Waals surface area contributed by atoms with Gasteiger partial charge in [-0.2, -0.15) is 0 Å². The Bertz CT molecular complexity index is 466. The zero-order chi connectivity index (χ0) is 12.8. The predicted molar refractivity (Wildman–Crippen MR) is 62.9 cm³/mol. The third kappa shape index (κ3) is 3.53. The van der Waals surface area contributed by atoms with Gasteiger partial charge in [-0.25, -0.2) is 18.8 Å². The predicted octanol–water partition coefficient (Wildman–Crippen LogP) is 1.01. The van der Waals surface area contributed by atoms with Crippen LogP contribution in [0.4, 0.5) is 5.69 Å². The SMILES string of the molecule is C#N.CCCc1cccc(S(N)(=O)=O)c1N. The van der Waals surface area contributed by atoms with E-state index in [1.54, 1.807) is 6.07 Å². The molecule has 4 N–H and O–H groups in total. The first-order valence-electron chi connectivity index (χ1n) is 4.62. The number of aryl methyl sites for hydroxylation is 1. The molecule has 0 fully saturated rings. The van der Waals surface area contributed by atoms with E-state index in [-0.39, 0.29) is 10.6 Å². The molecule has 88 valence electrons. The summed E-state index contributed by atoms with van der Waals surface area (Å²) in [4.78, 5) is 0.0171. The molecule has 0 saturated heterocycles. The number of hydrogen-bond acceptors (Lipinski definition) is 4. The third-order valence-electron chi connectivity index (χ3n) is 1.98. The summed E-state index contributed by atoms with van der Waals surface area (Å²) >= 11 is 0. The fourth-order valence-corrected chi connectivity index (χ4v) is 2.03. The standard InChI is InChI=1S/C9H14N2O2S.CHN/c1-2-4-7-5-3-6-8(9(7)10)14(11,12)13;1-2/h3,5-6H,2,4,10H2,1H3,(H2,11,12,13);1H. The number of hydrogen-bond donors (Lipinski definition) is 2. The van der Waals surface area contributed by atoms with E-state index in [4.69, 9.17) is 16.1 Å². The molecule has 6 heteroatoms. The van der Waals surface area contributed by atoms with Crippen LogP contribution < -0.4 is 10.9 Å². The van der Waals surface area contributed by atoms with Gasteiger partial charge in [0.25, 0.3) is 0 Å². The van der Waals surface area contributed by atoms with Crippen LogP contribution in [-0.2, 0) is 16.4 Å². The molecular formula is C10H15N3O2S. The quantitative estimate of drug-likeness (QED) is 0.769. The van der Waals surface area contributed by atoms with Gasteiger partial charge in [0.15, 0.2) is 0 Å². The highest BCUT2D eigenvalue weighted by atomic mass is 32.2. The number of nitrogens with two attached hydrogens (primary N) is 2. The minimum Gasteiger partial charge on any atom is -0.397 e. The topological polar surface area (TPSA) is 110 Å². The zero-order valence-corrected chi connectivity index (χ0v) is 9.87. The molecule has 0 spiro atoms. The highest BCUT2D eigenvalue weighted by Crippen LogP contribution is 2.22. The van der Waals surface area contributed by atoms with E-state index < -0.39 is 10.0 Å². The summed E-state index contributed by atoms with van der Waals surface area (Å²) < 4.78 is 22.2. The highest BCUT2D eigenvalue weighted by molar-refractivity contribution is 7.89. The maximum Gasteiger partial charge on any atom is 0.240 e. The molecule has 0 bridgehead atoms. The van der Waals surface area contributed by atoms with Crippen molar-refractivity contribution in [2.24, 2.45) is 5.14 Å². The average molecular weight is 241 g/mol. The number of rotatable bonds is 3. The lowest BCUT2D eigenvalue weighted by atomic mass is 10.1. The Balaban J connectivity index is 0.00000106. The molecule has 0 aliphatic rings. The summed E-state index contributed by atoms with van der Waals surface area (Å²) in [5.41, 5.74) is 6.80. The number of primary sulfonamides is 1. The van der Waals surface area contributed by atoms with Crippen molar-refractivity contribution in [2.75, 3.05) is 5.73 Å². The van der Waals surface area contributed by atoms with Crippen LogP contribution in [0.15, 0.2) is 23.1 Å². The molecule has 1 aromatic carbocycles. The van der Waals surface area contributed by atoms with Gasteiger partial charge >= 0.3 is 0 Å². The van der Waals surface area contributed by atoms with Crippen molar-refractivity contribution in [2.45, 2.75) is 24.7 Å². The lowest BCUT2D eigenvalue weighted by Crippen LogP contribution is -2.15. The number of benzene rings is 1.